The highest BCUT2D eigenvalue weighted by molar-refractivity contribution is 5.84. The topological polar surface area (TPSA) is 79.0 Å². The smallest absolute Gasteiger partial charge is 0.357 e. The van der Waals surface area contributed by atoms with Gasteiger partial charge in [-0.3, -0.25) is 9.80 Å². The monoisotopic (exact) mass is 387 g/mol. The minimum Gasteiger partial charge on any atom is -0.476 e. The highest BCUT2D eigenvalue weighted by atomic mass is 16.5. The molecule has 28 heavy (non-hydrogen) atoms. The van der Waals surface area contributed by atoms with Crippen LogP contribution in [-0.2, 0) is 17.8 Å². The van der Waals surface area contributed by atoms with Gasteiger partial charge < -0.3 is 14.3 Å². The van der Waals surface area contributed by atoms with Crippen LogP contribution in [0.2, 0.25) is 0 Å². The maximum Gasteiger partial charge on any atom is 0.357 e. The normalized spacial score (nSPS) is 15.4. The zero-order valence-corrected chi connectivity index (χ0v) is 16.6. The maximum absolute atomic E-state index is 11.1. The quantitative estimate of drug-likeness (QED) is 0.709. The Labute approximate surface area is 165 Å². The van der Waals surface area contributed by atoms with Crippen molar-refractivity contribution in [1.29, 1.82) is 0 Å². The summed E-state index contributed by atoms with van der Waals surface area (Å²) in [5.41, 5.74) is 2.49. The third-order valence-electron chi connectivity index (χ3n) is 5.02. The molecule has 0 amide bonds. The zero-order valence-electron chi connectivity index (χ0n) is 16.6. The van der Waals surface area contributed by atoms with Gasteiger partial charge in [0.05, 0.1) is 19.8 Å². The molecule has 2 aromatic rings. The number of aromatic carboxylic acids is 1. The molecule has 0 bridgehead atoms. The molecule has 1 fully saturated rings. The number of hydrogen-bond donors (Lipinski definition) is 1. The fourth-order valence-corrected chi connectivity index (χ4v) is 3.26. The van der Waals surface area contributed by atoms with Gasteiger partial charge in [0.1, 0.15) is 6.26 Å². The molecule has 1 aromatic carbocycles. The number of ether oxygens (including phenoxy) is 1. The lowest BCUT2D eigenvalue weighted by molar-refractivity contribution is 0.0320. The van der Waals surface area contributed by atoms with Crippen molar-refractivity contribution in [1.82, 2.24) is 14.8 Å². The molecular weight excluding hydrogens is 358 g/mol. The first-order valence-corrected chi connectivity index (χ1v) is 9.80. The largest absolute Gasteiger partial charge is 0.476 e. The maximum atomic E-state index is 11.1. The molecule has 1 aromatic heterocycles. The Morgan fingerprint density at radius 1 is 1.21 bits per heavy atom. The van der Waals surface area contributed by atoms with Gasteiger partial charge in [-0.15, -0.1) is 0 Å². The van der Waals surface area contributed by atoms with Crippen LogP contribution in [0.3, 0.4) is 0 Å². The number of morpholine rings is 1. The van der Waals surface area contributed by atoms with Crippen LogP contribution >= 0.6 is 0 Å². The first-order valence-electron chi connectivity index (χ1n) is 9.80. The van der Waals surface area contributed by atoms with Crippen molar-refractivity contribution in [3.05, 3.63) is 53.2 Å². The molecule has 0 spiro atoms. The number of aromatic nitrogens is 1. The molecule has 1 N–H and O–H groups in total. The Balaban J connectivity index is 1.66. The second-order valence-corrected chi connectivity index (χ2v) is 7.49. The molecule has 0 radical (unpaired) electrons. The van der Waals surface area contributed by atoms with Gasteiger partial charge in [0.25, 0.3) is 0 Å². The highest BCUT2D eigenvalue weighted by Crippen LogP contribution is 2.17. The Morgan fingerprint density at radius 3 is 2.54 bits per heavy atom. The Hall–Kier alpha value is -2.22. The molecule has 2 heterocycles. The van der Waals surface area contributed by atoms with Crippen LogP contribution in [-0.4, -0.2) is 65.3 Å². The number of nitrogens with zero attached hydrogens (tertiary/aromatic N) is 3. The molecule has 0 atom stereocenters. The van der Waals surface area contributed by atoms with Crippen molar-refractivity contribution in [2.45, 2.75) is 32.9 Å². The molecule has 0 saturated carbocycles. The third kappa shape index (κ3) is 5.89. The van der Waals surface area contributed by atoms with E-state index in [2.05, 4.69) is 52.9 Å². The number of carboxylic acid groups (broad SMARTS) is 1. The molecular formula is C21H29N3O4. The first kappa shape index (κ1) is 20.5. The van der Waals surface area contributed by atoms with E-state index in [4.69, 9.17) is 14.3 Å². The summed E-state index contributed by atoms with van der Waals surface area (Å²) >= 11 is 0. The van der Waals surface area contributed by atoms with Gasteiger partial charge in [0.15, 0.2) is 5.69 Å². The van der Waals surface area contributed by atoms with E-state index in [9.17, 15) is 4.79 Å². The first-order chi connectivity index (χ1) is 13.5. The van der Waals surface area contributed by atoms with E-state index in [0.29, 0.717) is 18.4 Å². The predicted molar refractivity (Wildman–Crippen MR) is 105 cm³/mol. The van der Waals surface area contributed by atoms with Crippen LogP contribution in [0.4, 0.5) is 0 Å². The van der Waals surface area contributed by atoms with Crippen LogP contribution in [0.5, 0.6) is 0 Å². The van der Waals surface area contributed by atoms with Crippen molar-refractivity contribution in [2.75, 3.05) is 39.4 Å². The lowest BCUT2D eigenvalue weighted by atomic mass is 10.0. The highest BCUT2D eigenvalue weighted by Gasteiger charge is 2.17. The minimum atomic E-state index is -1.07. The standard InChI is InChI=1S/C21H29N3O4/c1-16(2)18-5-3-17(4-6-18)13-24(8-7-23-9-11-27-12-10-23)14-20-22-19(15-28-20)21(25)26/h3-6,15-16H,7-14H2,1-2H3,(H,25,26). The van der Waals surface area contributed by atoms with E-state index in [1.165, 1.54) is 17.4 Å². The summed E-state index contributed by atoms with van der Waals surface area (Å²) in [6, 6.07) is 8.67. The lowest BCUT2D eigenvalue weighted by Gasteiger charge is -2.29. The summed E-state index contributed by atoms with van der Waals surface area (Å²) < 4.78 is 10.8. The number of rotatable bonds is 9. The van der Waals surface area contributed by atoms with Gasteiger partial charge in [-0.05, 0) is 17.0 Å². The second kappa shape index (κ2) is 9.82. The minimum absolute atomic E-state index is 0.0515. The number of carbonyl (C=O) groups is 1. The fraction of sp³-hybridized carbons (Fsp3) is 0.524. The average Bonchev–Trinajstić information content (AvgIpc) is 3.16. The van der Waals surface area contributed by atoms with Gasteiger partial charge in [0.2, 0.25) is 5.89 Å². The van der Waals surface area contributed by atoms with Crippen LogP contribution in [0, 0.1) is 0 Å². The van der Waals surface area contributed by atoms with Crippen molar-refractivity contribution >= 4 is 5.97 Å². The van der Waals surface area contributed by atoms with Crippen LogP contribution in [0.1, 0.15) is 47.3 Å². The molecule has 1 aliphatic heterocycles. The molecule has 152 valence electrons. The van der Waals surface area contributed by atoms with Gasteiger partial charge in [-0.25, -0.2) is 9.78 Å². The Morgan fingerprint density at radius 2 is 1.93 bits per heavy atom. The predicted octanol–water partition coefficient (Wildman–Crippen LogP) is 2.83. The summed E-state index contributed by atoms with van der Waals surface area (Å²) in [5.74, 6) is -0.134. The van der Waals surface area contributed by atoms with Gasteiger partial charge in [-0.1, -0.05) is 38.1 Å². The molecule has 0 aliphatic carbocycles. The van der Waals surface area contributed by atoms with Crippen molar-refractivity contribution < 1.29 is 19.1 Å². The zero-order chi connectivity index (χ0) is 19.9. The molecule has 7 nitrogen and oxygen atoms in total. The number of hydrogen-bond acceptors (Lipinski definition) is 6. The van der Waals surface area contributed by atoms with Crippen molar-refractivity contribution in [2.24, 2.45) is 0 Å². The number of oxazole rings is 1. The molecule has 0 unspecified atom stereocenters. The molecule has 1 saturated heterocycles. The van der Waals surface area contributed by atoms with Gasteiger partial charge in [-0.2, -0.15) is 0 Å². The molecule has 1 aliphatic rings. The van der Waals surface area contributed by atoms with E-state index in [0.717, 1.165) is 45.9 Å². The Kier molecular flexibility index (Phi) is 7.19. The van der Waals surface area contributed by atoms with E-state index in [-0.39, 0.29) is 5.69 Å². The van der Waals surface area contributed by atoms with E-state index < -0.39 is 5.97 Å². The summed E-state index contributed by atoms with van der Waals surface area (Å²) in [4.78, 5) is 19.8. The van der Waals surface area contributed by atoms with Gasteiger partial charge >= 0.3 is 5.97 Å². The second-order valence-electron chi connectivity index (χ2n) is 7.49. The molecule has 7 heteroatoms. The summed E-state index contributed by atoms with van der Waals surface area (Å²) in [6.07, 6.45) is 1.20. The fourth-order valence-electron chi connectivity index (χ4n) is 3.26. The summed E-state index contributed by atoms with van der Waals surface area (Å²) in [6.45, 7) is 10.8. The lowest BCUT2D eigenvalue weighted by Crippen LogP contribution is -2.41. The van der Waals surface area contributed by atoms with Crippen LogP contribution in [0.15, 0.2) is 34.9 Å². The van der Waals surface area contributed by atoms with Crippen molar-refractivity contribution in [3.8, 4) is 0 Å². The van der Waals surface area contributed by atoms with E-state index in [1.807, 2.05) is 0 Å². The van der Waals surface area contributed by atoms with E-state index >= 15 is 0 Å². The third-order valence-corrected chi connectivity index (χ3v) is 5.02. The molecule has 3 rings (SSSR count). The van der Waals surface area contributed by atoms with Crippen LogP contribution in [0.25, 0.3) is 0 Å². The van der Waals surface area contributed by atoms with E-state index in [1.54, 1.807) is 0 Å². The number of carboxylic acids is 1. The van der Waals surface area contributed by atoms with Crippen LogP contribution < -0.4 is 0 Å². The average molecular weight is 387 g/mol. The summed E-state index contributed by atoms with van der Waals surface area (Å²) in [5, 5.41) is 9.06. The summed E-state index contributed by atoms with van der Waals surface area (Å²) in [7, 11) is 0. The van der Waals surface area contributed by atoms with Crippen molar-refractivity contribution in [3.63, 3.8) is 0 Å². The number of benzene rings is 1. The SMILES string of the molecule is CC(C)c1ccc(CN(CCN2CCOCC2)Cc2nc(C(=O)O)co2)cc1. The Bertz CT molecular complexity index is 751. The van der Waals surface area contributed by atoms with Gasteiger partial charge in [0, 0.05) is 32.7 Å².